The van der Waals surface area contributed by atoms with Crippen molar-refractivity contribution in [1.29, 1.82) is 0 Å². The second kappa shape index (κ2) is 3.56. The Morgan fingerprint density at radius 3 is 2.57 bits per heavy atom. The molecular weight excluding hydrogens is 176 g/mol. The lowest BCUT2D eigenvalue weighted by atomic mass is 10.0. The van der Waals surface area contributed by atoms with Gasteiger partial charge in [-0.15, -0.1) is 5.10 Å². The molecule has 0 amide bonds. The molecule has 0 N–H and O–H groups in total. The van der Waals surface area contributed by atoms with E-state index in [1.807, 2.05) is 0 Å². The normalized spacial score (nSPS) is 16.0. The van der Waals surface area contributed by atoms with E-state index < -0.39 is 0 Å². The second-order valence-electron chi connectivity index (χ2n) is 4.16. The van der Waals surface area contributed by atoms with Crippen molar-refractivity contribution in [3.8, 4) is 5.88 Å². The first kappa shape index (κ1) is 9.44. The summed E-state index contributed by atoms with van der Waals surface area (Å²) in [6, 6.07) is 2.15. The largest absolute Gasteiger partial charge is 0.480 e. The van der Waals surface area contributed by atoms with Gasteiger partial charge in [-0.2, -0.15) is 5.10 Å². The van der Waals surface area contributed by atoms with Crippen molar-refractivity contribution in [2.75, 3.05) is 7.11 Å². The van der Waals surface area contributed by atoms with Gasteiger partial charge >= 0.3 is 0 Å². The van der Waals surface area contributed by atoms with Gasteiger partial charge in [0.2, 0.25) is 5.88 Å². The Morgan fingerprint density at radius 2 is 2.07 bits per heavy atom. The molecule has 1 saturated carbocycles. The van der Waals surface area contributed by atoms with Crippen LogP contribution in [0.4, 0.5) is 0 Å². The lowest BCUT2D eigenvalue weighted by molar-refractivity contribution is 0.383. The highest BCUT2D eigenvalue weighted by molar-refractivity contribution is 5.31. The molecule has 1 aliphatic carbocycles. The fraction of sp³-hybridized carbons (Fsp3) is 0.636. The maximum absolute atomic E-state index is 5.19. The van der Waals surface area contributed by atoms with Crippen LogP contribution in [0.25, 0.3) is 0 Å². The van der Waals surface area contributed by atoms with Crippen LogP contribution in [0, 0.1) is 0 Å². The average Bonchev–Trinajstić information content (AvgIpc) is 3.00. The van der Waals surface area contributed by atoms with Gasteiger partial charge in [-0.3, -0.25) is 0 Å². The quantitative estimate of drug-likeness (QED) is 0.738. The van der Waals surface area contributed by atoms with Crippen LogP contribution in [0.3, 0.4) is 0 Å². The van der Waals surface area contributed by atoms with E-state index in [9.17, 15) is 0 Å². The van der Waals surface area contributed by atoms with Gasteiger partial charge in [0.05, 0.1) is 12.8 Å². The van der Waals surface area contributed by atoms with Crippen LogP contribution < -0.4 is 4.74 Å². The maximum atomic E-state index is 5.19. The molecule has 3 nitrogen and oxygen atoms in total. The van der Waals surface area contributed by atoms with Gasteiger partial charge in [0, 0.05) is 11.5 Å². The fourth-order valence-electron chi connectivity index (χ4n) is 1.56. The highest BCUT2D eigenvalue weighted by Crippen LogP contribution is 2.40. The van der Waals surface area contributed by atoms with Gasteiger partial charge in [0.1, 0.15) is 0 Å². The molecule has 0 aromatic carbocycles. The van der Waals surface area contributed by atoms with E-state index in [0.717, 1.165) is 5.69 Å². The predicted molar refractivity (Wildman–Crippen MR) is 54.6 cm³/mol. The molecule has 0 saturated heterocycles. The summed E-state index contributed by atoms with van der Waals surface area (Å²) in [7, 11) is 1.65. The van der Waals surface area contributed by atoms with Crippen LogP contribution in [-0.4, -0.2) is 17.3 Å². The van der Waals surface area contributed by atoms with Gasteiger partial charge in [0.25, 0.3) is 0 Å². The minimum absolute atomic E-state index is 0.443. The van der Waals surface area contributed by atoms with Crippen LogP contribution in [0.2, 0.25) is 0 Å². The summed E-state index contributed by atoms with van der Waals surface area (Å²) >= 11 is 0. The van der Waals surface area contributed by atoms with Crippen molar-refractivity contribution >= 4 is 0 Å². The molecule has 0 radical (unpaired) electrons. The minimum Gasteiger partial charge on any atom is -0.480 e. The fourth-order valence-corrected chi connectivity index (χ4v) is 1.56. The van der Waals surface area contributed by atoms with Gasteiger partial charge in [-0.1, -0.05) is 13.8 Å². The zero-order valence-electron chi connectivity index (χ0n) is 8.95. The molecule has 76 valence electrons. The van der Waals surface area contributed by atoms with Gasteiger partial charge in [-0.25, -0.2) is 0 Å². The van der Waals surface area contributed by atoms with Crippen molar-refractivity contribution in [2.45, 2.75) is 38.5 Å². The predicted octanol–water partition coefficient (Wildman–Crippen LogP) is 2.49. The average molecular weight is 192 g/mol. The smallest absolute Gasteiger partial charge is 0.236 e. The summed E-state index contributed by atoms with van der Waals surface area (Å²) in [5, 5.41) is 8.29. The topological polar surface area (TPSA) is 35.0 Å². The Bertz CT molecular complexity index is 332. The first-order valence-electron chi connectivity index (χ1n) is 5.14. The first-order chi connectivity index (χ1) is 6.72. The number of nitrogens with zero attached hydrogens (tertiary/aromatic N) is 2. The molecule has 0 unspecified atom stereocenters. The third kappa shape index (κ3) is 1.72. The number of ether oxygens (including phenoxy) is 1. The van der Waals surface area contributed by atoms with Crippen molar-refractivity contribution < 1.29 is 4.74 Å². The monoisotopic (exact) mass is 192 g/mol. The Labute approximate surface area is 84.5 Å². The van der Waals surface area contributed by atoms with E-state index in [2.05, 4.69) is 30.1 Å². The Balaban J connectivity index is 2.35. The third-order valence-corrected chi connectivity index (χ3v) is 2.62. The summed E-state index contributed by atoms with van der Waals surface area (Å²) < 4.78 is 5.19. The lowest BCUT2D eigenvalue weighted by Gasteiger charge is -2.10. The van der Waals surface area contributed by atoms with Gasteiger partial charge < -0.3 is 4.74 Å². The van der Waals surface area contributed by atoms with E-state index in [1.54, 1.807) is 7.11 Å². The highest BCUT2D eigenvalue weighted by atomic mass is 16.5. The maximum Gasteiger partial charge on any atom is 0.236 e. The standard InChI is InChI=1S/C11H16N2O/c1-7(2)9-6-10(8-4-5-8)12-13-11(9)14-3/h6-8H,4-5H2,1-3H3. The van der Waals surface area contributed by atoms with Crippen molar-refractivity contribution in [3.05, 3.63) is 17.3 Å². The first-order valence-corrected chi connectivity index (χ1v) is 5.14. The molecule has 1 aromatic heterocycles. The zero-order chi connectivity index (χ0) is 10.1. The lowest BCUT2D eigenvalue weighted by Crippen LogP contribution is -2.01. The number of hydrogen-bond donors (Lipinski definition) is 0. The minimum atomic E-state index is 0.443. The van der Waals surface area contributed by atoms with Crippen LogP contribution in [0.1, 0.15) is 49.8 Å². The number of rotatable bonds is 3. The summed E-state index contributed by atoms with van der Waals surface area (Å²) in [6.07, 6.45) is 2.52. The second-order valence-corrected chi connectivity index (χ2v) is 4.16. The molecule has 0 aliphatic heterocycles. The van der Waals surface area contributed by atoms with Crippen LogP contribution in [0.5, 0.6) is 5.88 Å². The van der Waals surface area contributed by atoms with Crippen molar-refractivity contribution in [2.24, 2.45) is 0 Å². The molecule has 0 spiro atoms. The van der Waals surface area contributed by atoms with E-state index in [-0.39, 0.29) is 0 Å². The third-order valence-electron chi connectivity index (χ3n) is 2.62. The SMILES string of the molecule is COc1nnc(C2CC2)cc1C(C)C. The molecule has 2 rings (SSSR count). The van der Waals surface area contributed by atoms with E-state index in [0.29, 0.717) is 17.7 Å². The Hall–Kier alpha value is -1.12. The van der Waals surface area contributed by atoms with E-state index in [4.69, 9.17) is 4.74 Å². The van der Waals surface area contributed by atoms with Crippen LogP contribution in [0.15, 0.2) is 6.07 Å². The zero-order valence-corrected chi connectivity index (χ0v) is 8.95. The molecule has 14 heavy (non-hydrogen) atoms. The molecule has 1 heterocycles. The molecule has 3 heteroatoms. The van der Waals surface area contributed by atoms with E-state index >= 15 is 0 Å². The molecule has 1 aromatic rings. The van der Waals surface area contributed by atoms with Crippen LogP contribution in [-0.2, 0) is 0 Å². The molecule has 0 atom stereocenters. The summed E-state index contributed by atoms with van der Waals surface area (Å²) in [6.45, 7) is 4.30. The van der Waals surface area contributed by atoms with Crippen molar-refractivity contribution in [3.63, 3.8) is 0 Å². The molecular formula is C11H16N2O. The molecule has 0 bridgehead atoms. The molecule has 1 aliphatic rings. The number of aromatic nitrogens is 2. The Morgan fingerprint density at radius 1 is 1.36 bits per heavy atom. The van der Waals surface area contributed by atoms with Crippen LogP contribution >= 0.6 is 0 Å². The van der Waals surface area contributed by atoms with Gasteiger partial charge in [-0.05, 0) is 24.8 Å². The van der Waals surface area contributed by atoms with Gasteiger partial charge in [0.15, 0.2) is 0 Å². The number of methoxy groups -OCH3 is 1. The summed E-state index contributed by atoms with van der Waals surface area (Å²) in [4.78, 5) is 0. The van der Waals surface area contributed by atoms with E-state index in [1.165, 1.54) is 18.4 Å². The Kier molecular flexibility index (Phi) is 2.40. The molecule has 1 fully saturated rings. The summed E-state index contributed by atoms with van der Waals surface area (Å²) in [5.41, 5.74) is 2.30. The van der Waals surface area contributed by atoms with Crippen molar-refractivity contribution in [1.82, 2.24) is 10.2 Å². The number of hydrogen-bond acceptors (Lipinski definition) is 3. The highest BCUT2D eigenvalue weighted by Gasteiger charge is 2.26. The summed E-state index contributed by atoms with van der Waals surface area (Å²) in [5.74, 6) is 1.77.